The van der Waals surface area contributed by atoms with E-state index in [1.54, 1.807) is 12.4 Å². The van der Waals surface area contributed by atoms with Crippen molar-refractivity contribution in [2.45, 2.75) is 18.9 Å². The Kier molecular flexibility index (Phi) is 6.87. The van der Waals surface area contributed by atoms with Gasteiger partial charge in [0, 0.05) is 24.8 Å². The van der Waals surface area contributed by atoms with E-state index >= 15 is 0 Å². The fraction of sp³-hybridized carbons (Fsp3) is 0.333. The number of ether oxygens (including phenoxy) is 1. The van der Waals surface area contributed by atoms with E-state index in [1.807, 2.05) is 23.1 Å². The second-order valence-corrected chi connectivity index (χ2v) is 8.21. The first-order valence-electron chi connectivity index (χ1n) is 11.5. The lowest BCUT2D eigenvalue weighted by atomic mass is 10.0. The molecule has 0 saturated carbocycles. The predicted molar refractivity (Wildman–Crippen MR) is 130 cm³/mol. The average molecular weight is 463 g/mol. The zero-order valence-corrected chi connectivity index (χ0v) is 18.7. The molecule has 2 aromatic heterocycles. The highest BCUT2D eigenvalue weighted by atomic mass is 19.1. The van der Waals surface area contributed by atoms with E-state index in [9.17, 15) is 4.39 Å². The van der Waals surface area contributed by atoms with E-state index in [-0.39, 0.29) is 11.8 Å². The number of morpholine rings is 1. The molecule has 0 bridgehead atoms. The topological polar surface area (TPSA) is 99.6 Å². The van der Waals surface area contributed by atoms with Crippen LogP contribution in [0.15, 0.2) is 53.9 Å². The summed E-state index contributed by atoms with van der Waals surface area (Å²) in [5, 5.41) is 11.1. The summed E-state index contributed by atoms with van der Waals surface area (Å²) in [4.78, 5) is 14.5. The number of rotatable bonds is 7. The predicted octanol–water partition coefficient (Wildman–Crippen LogP) is 3.46. The molecule has 1 unspecified atom stereocenters. The van der Waals surface area contributed by atoms with Crippen molar-refractivity contribution < 1.29 is 9.13 Å². The Morgan fingerprint density at radius 1 is 1.12 bits per heavy atom. The number of hydrogen-bond donors (Lipinski definition) is 3. The number of hydrogen-bond acceptors (Lipinski definition) is 9. The Labute approximate surface area is 197 Å². The number of aromatic nitrogens is 3. The van der Waals surface area contributed by atoms with E-state index in [0.29, 0.717) is 38.0 Å². The fourth-order valence-corrected chi connectivity index (χ4v) is 4.09. The normalized spacial score (nSPS) is 18.4. The summed E-state index contributed by atoms with van der Waals surface area (Å²) in [6, 6.07) is 12.7. The minimum absolute atomic E-state index is 0.217. The SMILES string of the molecule is Fc1cnc(N/N=C/c2ccc(Nc3cccc(C4CCCN4)c3)cn2)nc1N1CCOCC1. The molecular formula is C24H27FN8O. The smallest absolute Gasteiger partial charge is 0.245 e. The van der Waals surface area contributed by atoms with Crippen molar-refractivity contribution in [3.8, 4) is 0 Å². The van der Waals surface area contributed by atoms with Gasteiger partial charge in [-0.05, 0) is 49.2 Å². The van der Waals surface area contributed by atoms with Gasteiger partial charge >= 0.3 is 0 Å². The van der Waals surface area contributed by atoms with Gasteiger partial charge < -0.3 is 20.3 Å². The maximum absolute atomic E-state index is 14.1. The van der Waals surface area contributed by atoms with E-state index in [2.05, 4.69) is 54.3 Å². The zero-order valence-electron chi connectivity index (χ0n) is 18.7. The summed E-state index contributed by atoms with van der Waals surface area (Å²) in [6.45, 7) is 3.34. The van der Waals surface area contributed by atoms with Crippen LogP contribution in [0.25, 0.3) is 0 Å². The number of halogens is 1. The molecule has 1 aromatic carbocycles. The maximum Gasteiger partial charge on any atom is 0.245 e. The largest absolute Gasteiger partial charge is 0.378 e. The molecule has 5 rings (SSSR count). The first kappa shape index (κ1) is 22.2. The minimum atomic E-state index is -0.466. The van der Waals surface area contributed by atoms with Crippen molar-refractivity contribution in [1.29, 1.82) is 0 Å². The van der Waals surface area contributed by atoms with Crippen molar-refractivity contribution in [3.63, 3.8) is 0 Å². The third-order valence-electron chi connectivity index (χ3n) is 5.82. The first-order valence-corrected chi connectivity index (χ1v) is 11.5. The lowest BCUT2D eigenvalue weighted by molar-refractivity contribution is 0.122. The van der Waals surface area contributed by atoms with Crippen molar-refractivity contribution in [2.75, 3.05) is 48.5 Å². The number of anilines is 4. The molecule has 34 heavy (non-hydrogen) atoms. The molecule has 176 valence electrons. The van der Waals surface area contributed by atoms with Crippen molar-refractivity contribution in [2.24, 2.45) is 5.10 Å². The number of pyridine rings is 1. The highest BCUT2D eigenvalue weighted by molar-refractivity contribution is 5.78. The van der Waals surface area contributed by atoms with E-state index in [4.69, 9.17) is 4.74 Å². The molecule has 2 aliphatic rings. The quantitative estimate of drug-likeness (QED) is 0.363. The van der Waals surface area contributed by atoms with Crippen LogP contribution in [-0.4, -0.2) is 54.0 Å². The summed E-state index contributed by atoms with van der Waals surface area (Å²) in [5.74, 6) is -0.00220. The van der Waals surface area contributed by atoms with Crippen LogP contribution < -0.4 is 21.0 Å². The Hall–Kier alpha value is -3.63. The van der Waals surface area contributed by atoms with Gasteiger partial charge in [0.2, 0.25) is 5.95 Å². The van der Waals surface area contributed by atoms with Crippen LogP contribution in [0.3, 0.4) is 0 Å². The Bertz CT molecular complexity index is 1130. The van der Waals surface area contributed by atoms with Gasteiger partial charge in [-0.2, -0.15) is 10.1 Å². The van der Waals surface area contributed by atoms with Gasteiger partial charge in [-0.15, -0.1) is 0 Å². The molecule has 0 amide bonds. The van der Waals surface area contributed by atoms with Crippen molar-refractivity contribution in [3.05, 3.63) is 65.9 Å². The molecule has 3 aromatic rings. The molecule has 0 radical (unpaired) electrons. The Balaban J connectivity index is 1.19. The number of hydrazone groups is 1. The molecule has 0 aliphatic carbocycles. The highest BCUT2D eigenvalue weighted by Crippen LogP contribution is 2.26. The molecule has 2 aliphatic heterocycles. The van der Waals surface area contributed by atoms with Crippen molar-refractivity contribution >= 4 is 29.4 Å². The van der Waals surface area contributed by atoms with Gasteiger partial charge in [0.25, 0.3) is 0 Å². The average Bonchev–Trinajstić information content (AvgIpc) is 3.42. The molecule has 10 heteroatoms. The molecule has 1 atom stereocenters. The van der Waals surface area contributed by atoms with E-state index in [0.717, 1.165) is 24.1 Å². The second kappa shape index (κ2) is 10.5. The number of benzene rings is 1. The summed E-state index contributed by atoms with van der Waals surface area (Å²) in [7, 11) is 0. The third kappa shape index (κ3) is 5.46. The lowest BCUT2D eigenvalue weighted by Gasteiger charge is -2.27. The molecule has 2 fully saturated rings. The van der Waals surface area contributed by atoms with Gasteiger partial charge in [0.05, 0.1) is 43.2 Å². The summed E-state index contributed by atoms with van der Waals surface area (Å²) in [6.07, 6.45) is 6.85. The number of nitrogens with one attached hydrogen (secondary N) is 3. The van der Waals surface area contributed by atoms with E-state index < -0.39 is 5.82 Å². The van der Waals surface area contributed by atoms with Gasteiger partial charge in [-0.3, -0.25) is 4.98 Å². The van der Waals surface area contributed by atoms with Crippen LogP contribution in [0.5, 0.6) is 0 Å². The summed E-state index contributed by atoms with van der Waals surface area (Å²) in [5.41, 5.74) is 6.62. The van der Waals surface area contributed by atoms with Crippen LogP contribution >= 0.6 is 0 Å². The summed E-state index contributed by atoms with van der Waals surface area (Å²) < 4.78 is 19.5. The monoisotopic (exact) mass is 462 g/mol. The van der Waals surface area contributed by atoms with Crippen LogP contribution in [0.1, 0.15) is 30.1 Å². The Morgan fingerprint density at radius 2 is 2.03 bits per heavy atom. The fourth-order valence-electron chi connectivity index (χ4n) is 4.09. The van der Waals surface area contributed by atoms with Crippen LogP contribution in [-0.2, 0) is 4.74 Å². The molecule has 2 saturated heterocycles. The van der Waals surface area contributed by atoms with E-state index in [1.165, 1.54) is 18.4 Å². The maximum atomic E-state index is 14.1. The van der Waals surface area contributed by atoms with Crippen LogP contribution in [0.2, 0.25) is 0 Å². The molecular weight excluding hydrogens is 435 g/mol. The van der Waals surface area contributed by atoms with Crippen molar-refractivity contribution in [1.82, 2.24) is 20.3 Å². The third-order valence-corrected chi connectivity index (χ3v) is 5.82. The highest BCUT2D eigenvalue weighted by Gasteiger charge is 2.18. The molecule has 4 heterocycles. The summed E-state index contributed by atoms with van der Waals surface area (Å²) >= 11 is 0. The van der Waals surface area contributed by atoms with Gasteiger partial charge in [-0.1, -0.05) is 12.1 Å². The minimum Gasteiger partial charge on any atom is -0.378 e. The second-order valence-electron chi connectivity index (χ2n) is 8.21. The zero-order chi connectivity index (χ0) is 23.2. The van der Waals surface area contributed by atoms with Gasteiger partial charge in [-0.25, -0.2) is 14.8 Å². The van der Waals surface area contributed by atoms with Crippen LogP contribution in [0, 0.1) is 5.82 Å². The van der Waals surface area contributed by atoms with Gasteiger partial charge in [0.1, 0.15) is 0 Å². The Morgan fingerprint density at radius 3 is 2.82 bits per heavy atom. The van der Waals surface area contributed by atoms with Gasteiger partial charge in [0.15, 0.2) is 11.6 Å². The number of nitrogens with zero attached hydrogens (tertiary/aromatic N) is 5. The molecule has 9 nitrogen and oxygen atoms in total. The molecule has 3 N–H and O–H groups in total. The lowest BCUT2D eigenvalue weighted by Crippen LogP contribution is -2.37. The molecule has 0 spiro atoms. The van der Waals surface area contributed by atoms with Crippen LogP contribution in [0.4, 0.5) is 27.5 Å². The first-order chi connectivity index (χ1) is 16.7. The standard InChI is InChI=1S/C24H27FN8O/c25-21-16-28-24(31-23(21)33-9-11-34-12-10-33)32-29-15-19-6-7-20(14-27-19)30-18-4-1-3-17(13-18)22-5-2-8-26-22/h1,3-4,6-7,13-16,22,26,30H,2,5,8-12H2,(H,28,31,32)/b29-15+.